The third kappa shape index (κ3) is 7.58. The van der Waals surface area contributed by atoms with E-state index in [2.05, 4.69) is 35.5 Å². The number of aryl methyl sites for hydroxylation is 1. The van der Waals surface area contributed by atoms with Crippen molar-refractivity contribution in [2.24, 2.45) is 0 Å². The van der Waals surface area contributed by atoms with Crippen molar-refractivity contribution in [3.63, 3.8) is 0 Å². The third-order valence-corrected chi connectivity index (χ3v) is 5.41. The molecule has 0 aliphatic heterocycles. The van der Waals surface area contributed by atoms with Crippen LogP contribution in [-0.2, 0) is 11.2 Å². The van der Waals surface area contributed by atoms with Gasteiger partial charge in [-0.2, -0.15) is 15.0 Å². The van der Waals surface area contributed by atoms with Gasteiger partial charge in [0.25, 0.3) is 0 Å². The van der Waals surface area contributed by atoms with Crippen molar-refractivity contribution in [3.8, 4) is 0 Å². The number of ketones is 1. The topological polar surface area (TPSA) is 95.9 Å². The Hall–Kier alpha value is -3.04. The molecule has 0 saturated carbocycles. The normalized spacial score (nSPS) is 10.9. The Kier molecular flexibility index (Phi) is 8.52. The summed E-state index contributed by atoms with van der Waals surface area (Å²) in [5.74, 6) is 1.83. The van der Waals surface area contributed by atoms with Gasteiger partial charge in [0.2, 0.25) is 11.9 Å². The number of rotatable bonds is 11. The Morgan fingerprint density at radius 1 is 1.03 bits per heavy atom. The zero-order valence-electron chi connectivity index (χ0n) is 18.9. The fourth-order valence-electron chi connectivity index (χ4n) is 2.72. The van der Waals surface area contributed by atoms with E-state index < -0.39 is 0 Å². The van der Waals surface area contributed by atoms with Crippen LogP contribution in [-0.4, -0.2) is 57.8 Å². The van der Waals surface area contributed by atoms with E-state index in [9.17, 15) is 4.79 Å². The number of pyridine rings is 1. The molecule has 168 valence electrons. The van der Waals surface area contributed by atoms with Crippen molar-refractivity contribution < 1.29 is 4.79 Å². The summed E-state index contributed by atoms with van der Waals surface area (Å²) in [4.78, 5) is 32.7. The molecule has 8 nitrogen and oxygen atoms in total. The van der Waals surface area contributed by atoms with Gasteiger partial charge in [0.15, 0.2) is 5.16 Å². The maximum atomic E-state index is 11.7. The van der Waals surface area contributed by atoms with Crippen LogP contribution in [0.15, 0.2) is 52.6 Å². The summed E-state index contributed by atoms with van der Waals surface area (Å²) in [5, 5.41) is 6.99. The number of nitrogens with zero attached hydrogens (tertiary/aromatic N) is 5. The Morgan fingerprint density at radius 2 is 1.78 bits per heavy atom. The van der Waals surface area contributed by atoms with Gasteiger partial charge in [0.1, 0.15) is 11.6 Å². The van der Waals surface area contributed by atoms with Crippen LogP contribution in [0.1, 0.15) is 24.5 Å². The molecule has 3 aromatic rings. The van der Waals surface area contributed by atoms with Gasteiger partial charge in [-0.25, -0.2) is 4.98 Å². The number of nitrogens with one attached hydrogen (secondary N) is 2. The molecule has 2 heterocycles. The number of benzene rings is 1. The van der Waals surface area contributed by atoms with Gasteiger partial charge in [0, 0.05) is 37.0 Å². The van der Waals surface area contributed by atoms with E-state index in [0.29, 0.717) is 42.3 Å². The summed E-state index contributed by atoms with van der Waals surface area (Å²) in [6.45, 7) is 5.44. The van der Waals surface area contributed by atoms with E-state index >= 15 is 0 Å². The van der Waals surface area contributed by atoms with Crippen LogP contribution in [0.25, 0.3) is 0 Å². The number of carbonyl (C=O) groups is 1. The molecule has 3 rings (SSSR count). The fourth-order valence-corrected chi connectivity index (χ4v) is 3.47. The molecule has 9 heteroatoms. The number of hydrogen-bond acceptors (Lipinski definition) is 9. The van der Waals surface area contributed by atoms with Crippen molar-refractivity contribution in [2.45, 2.75) is 36.7 Å². The van der Waals surface area contributed by atoms with Crippen LogP contribution < -0.4 is 10.6 Å². The second-order valence-electron chi connectivity index (χ2n) is 7.66. The maximum Gasteiger partial charge on any atom is 0.234 e. The Balaban J connectivity index is 1.78. The SMILES string of the molecule is CCC(=O)Cc1ccc(Sc2nc(NCCN(C)C)nc(Nc3ccc(C)cn3)n2)cc1. The van der Waals surface area contributed by atoms with Gasteiger partial charge in [0.05, 0.1) is 0 Å². The maximum absolute atomic E-state index is 11.7. The summed E-state index contributed by atoms with van der Waals surface area (Å²) in [6.07, 6.45) is 2.81. The van der Waals surface area contributed by atoms with Crippen LogP contribution >= 0.6 is 11.8 Å². The zero-order valence-corrected chi connectivity index (χ0v) is 19.7. The molecule has 0 unspecified atom stereocenters. The second kappa shape index (κ2) is 11.5. The molecule has 0 amide bonds. The molecular weight excluding hydrogens is 422 g/mol. The van der Waals surface area contributed by atoms with E-state index in [0.717, 1.165) is 22.6 Å². The van der Waals surface area contributed by atoms with Crippen molar-refractivity contribution in [1.29, 1.82) is 0 Å². The predicted molar refractivity (Wildman–Crippen MR) is 129 cm³/mol. The van der Waals surface area contributed by atoms with E-state index in [4.69, 9.17) is 0 Å². The fraction of sp³-hybridized carbons (Fsp3) is 0.348. The minimum Gasteiger partial charge on any atom is -0.353 e. The van der Waals surface area contributed by atoms with Crippen molar-refractivity contribution >= 4 is 35.3 Å². The Bertz CT molecular complexity index is 1020. The highest BCUT2D eigenvalue weighted by Crippen LogP contribution is 2.27. The summed E-state index contributed by atoms with van der Waals surface area (Å²) in [7, 11) is 4.04. The molecule has 0 atom stereocenters. The third-order valence-electron chi connectivity index (χ3n) is 4.54. The van der Waals surface area contributed by atoms with Crippen molar-refractivity contribution in [1.82, 2.24) is 24.8 Å². The van der Waals surface area contributed by atoms with E-state index in [1.807, 2.05) is 64.3 Å². The molecule has 32 heavy (non-hydrogen) atoms. The van der Waals surface area contributed by atoms with Gasteiger partial charge in [-0.3, -0.25) is 4.79 Å². The van der Waals surface area contributed by atoms with Gasteiger partial charge in [-0.1, -0.05) is 25.1 Å². The summed E-state index contributed by atoms with van der Waals surface area (Å²) < 4.78 is 0. The highest BCUT2D eigenvalue weighted by Gasteiger charge is 2.10. The number of aromatic nitrogens is 4. The van der Waals surface area contributed by atoms with E-state index in [1.165, 1.54) is 11.8 Å². The quantitative estimate of drug-likeness (QED) is 0.449. The Morgan fingerprint density at radius 3 is 2.44 bits per heavy atom. The molecule has 0 spiro atoms. The summed E-state index contributed by atoms with van der Waals surface area (Å²) >= 11 is 1.44. The molecule has 0 saturated heterocycles. The number of Topliss-reactive ketones (excluding diaryl/α,β-unsaturated/α-hetero) is 1. The Labute approximate surface area is 193 Å². The van der Waals surface area contributed by atoms with E-state index in [-0.39, 0.29) is 5.78 Å². The standard InChI is InChI=1S/C23H29N7OS/c1-5-18(31)14-17-7-9-19(10-8-17)32-23-28-21(24-12-13-30(3)4)27-22(29-23)26-20-11-6-16(2)15-25-20/h6-11,15H,5,12-14H2,1-4H3,(H2,24,25,26,27,28,29). The lowest BCUT2D eigenvalue weighted by Crippen LogP contribution is -2.21. The van der Waals surface area contributed by atoms with Gasteiger partial charge in [-0.15, -0.1) is 0 Å². The molecular formula is C23H29N7OS. The minimum atomic E-state index is 0.233. The lowest BCUT2D eigenvalue weighted by atomic mass is 10.1. The van der Waals surface area contributed by atoms with Crippen molar-refractivity contribution in [2.75, 3.05) is 37.8 Å². The van der Waals surface area contributed by atoms with Crippen LogP contribution in [0.5, 0.6) is 0 Å². The first-order chi connectivity index (χ1) is 15.4. The molecule has 0 aliphatic rings. The molecule has 0 fully saturated rings. The largest absolute Gasteiger partial charge is 0.353 e. The number of anilines is 3. The average Bonchev–Trinajstić information content (AvgIpc) is 2.76. The predicted octanol–water partition coefficient (Wildman–Crippen LogP) is 3.96. The summed E-state index contributed by atoms with van der Waals surface area (Å²) in [6, 6.07) is 11.8. The first-order valence-corrected chi connectivity index (χ1v) is 11.4. The number of carbonyl (C=O) groups excluding carboxylic acids is 1. The minimum absolute atomic E-state index is 0.233. The van der Waals surface area contributed by atoms with Crippen molar-refractivity contribution in [3.05, 3.63) is 53.7 Å². The van der Waals surface area contributed by atoms with Gasteiger partial charge >= 0.3 is 0 Å². The van der Waals surface area contributed by atoms with Gasteiger partial charge < -0.3 is 15.5 Å². The summed E-state index contributed by atoms with van der Waals surface area (Å²) in [5.41, 5.74) is 2.09. The smallest absolute Gasteiger partial charge is 0.234 e. The highest BCUT2D eigenvalue weighted by molar-refractivity contribution is 7.99. The van der Waals surface area contributed by atoms with Crippen LogP contribution in [0.2, 0.25) is 0 Å². The number of likely N-dealkylation sites (N-methyl/N-ethyl adjacent to an activating group) is 1. The molecule has 1 aromatic carbocycles. The first kappa shape index (κ1) is 23.6. The molecule has 2 N–H and O–H groups in total. The van der Waals surface area contributed by atoms with Crippen LogP contribution in [0, 0.1) is 6.92 Å². The molecule has 0 bridgehead atoms. The number of hydrogen-bond donors (Lipinski definition) is 2. The zero-order chi connectivity index (χ0) is 22.9. The lowest BCUT2D eigenvalue weighted by Gasteiger charge is -2.12. The highest BCUT2D eigenvalue weighted by atomic mass is 32.2. The van der Waals surface area contributed by atoms with Crippen LogP contribution in [0.4, 0.5) is 17.7 Å². The van der Waals surface area contributed by atoms with Crippen LogP contribution in [0.3, 0.4) is 0 Å². The molecule has 2 aromatic heterocycles. The molecule has 0 aliphatic carbocycles. The average molecular weight is 452 g/mol. The van der Waals surface area contributed by atoms with E-state index in [1.54, 1.807) is 6.20 Å². The lowest BCUT2D eigenvalue weighted by molar-refractivity contribution is -0.118. The monoisotopic (exact) mass is 451 g/mol. The first-order valence-electron chi connectivity index (χ1n) is 10.5. The van der Waals surface area contributed by atoms with Gasteiger partial charge in [-0.05, 0) is 62.1 Å². The second-order valence-corrected chi connectivity index (χ2v) is 8.70. The molecule has 0 radical (unpaired) electrons.